The van der Waals surface area contributed by atoms with Crippen molar-refractivity contribution in [1.82, 2.24) is 14.8 Å². The minimum absolute atomic E-state index is 0.341. The fourth-order valence-electron chi connectivity index (χ4n) is 2.19. The van der Waals surface area contributed by atoms with Crippen LogP contribution in [0.25, 0.3) is 0 Å². The summed E-state index contributed by atoms with van der Waals surface area (Å²) in [6.45, 7) is 10.7. The molecule has 0 radical (unpaired) electrons. The predicted octanol–water partition coefficient (Wildman–Crippen LogP) is 1.06. The van der Waals surface area contributed by atoms with Gasteiger partial charge >= 0.3 is 0 Å². The zero-order valence-electron chi connectivity index (χ0n) is 11.4. The van der Waals surface area contributed by atoms with Crippen LogP contribution < -0.4 is 4.90 Å². The molecule has 0 aromatic carbocycles. The van der Waals surface area contributed by atoms with Gasteiger partial charge in [0.05, 0.1) is 19.3 Å². The van der Waals surface area contributed by atoms with Gasteiger partial charge in [-0.3, -0.25) is 4.57 Å². The van der Waals surface area contributed by atoms with Crippen LogP contribution in [0.1, 0.15) is 26.6 Å². The third kappa shape index (κ3) is 2.64. The van der Waals surface area contributed by atoms with Gasteiger partial charge in [0.15, 0.2) is 5.82 Å². The molecule has 1 fully saturated rings. The van der Waals surface area contributed by atoms with Gasteiger partial charge in [-0.2, -0.15) is 0 Å². The SMILES string of the molecule is CCOCc1nnc(N2CCOC[C@H]2C)n1CC. The first-order valence-electron chi connectivity index (χ1n) is 6.62. The summed E-state index contributed by atoms with van der Waals surface area (Å²) in [4.78, 5) is 2.26. The number of nitrogens with zero attached hydrogens (tertiary/aromatic N) is 4. The summed E-state index contributed by atoms with van der Waals surface area (Å²) in [6.07, 6.45) is 0. The van der Waals surface area contributed by atoms with Crippen molar-refractivity contribution in [2.45, 2.75) is 40.0 Å². The number of aromatic nitrogens is 3. The lowest BCUT2D eigenvalue weighted by Gasteiger charge is -2.33. The Morgan fingerprint density at radius 2 is 2.22 bits per heavy atom. The summed E-state index contributed by atoms with van der Waals surface area (Å²) in [7, 11) is 0. The Morgan fingerprint density at radius 3 is 2.89 bits per heavy atom. The first-order chi connectivity index (χ1) is 8.77. The highest BCUT2D eigenvalue weighted by Gasteiger charge is 2.24. The Balaban J connectivity index is 2.18. The van der Waals surface area contributed by atoms with E-state index in [1.54, 1.807) is 0 Å². The Kier molecular flexibility index (Phi) is 4.54. The molecule has 6 nitrogen and oxygen atoms in total. The lowest BCUT2D eigenvalue weighted by atomic mass is 10.3. The Hall–Kier alpha value is -1.14. The topological polar surface area (TPSA) is 52.4 Å². The quantitative estimate of drug-likeness (QED) is 0.786. The van der Waals surface area contributed by atoms with Crippen LogP contribution in [0.2, 0.25) is 0 Å². The molecule has 0 bridgehead atoms. The molecule has 0 saturated carbocycles. The second-order valence-corrected chi connectivity index (χ2v) is 4.41. The number of hydrogen-bond donors (Lipinski definition) is 0. The van der Waals surface area contributed by atoms with Gasteiger partial charge in [-0.05, 0) is 20.8 Å². The smallest absolute Gasteiger partial charge is 0.227 e. The maximum absolute atomic E-state index is 5.45. The van der Waals surface area contributed by atoms with Crippen LogP contribution in [0.15, 0.2) is 0 Å². The molecule has 18 heavy (non-hydrogen) atoms. The van der Waals surface area contributed by atoms with Crippen LogP contribution in [-0.4, -0.2) is 47.2 Å². The number of ether oxygens (including phenoxy) is 2. The van der Waals surface area contributed by atoms with Gasteiger partial charge in [-0.25, -0.2) is 0 Å². The molecule has 1 aliphatic rings. The highest BCUT2D eigenvalue weighted by Crippen LogP contribution is 2.19. The average molecular weight is 254 g/mol. The molecule has 6 heteroatoms. The second kappa shape index (κ2) is 6.15. The molecule has 1 aromatic rings. The van der Waals surface area contributed by atoms with E-state index in [9.17, 15) is 0 Å². The molecule has 0 amide bonds. The van der Waals surface area contributed by atoms with E-state index in [-0.39, 0.29) is 0 Å². The van der Waals surface area contributed by atoms with Gasteiger partial charge in [0.25, 0.3) is 0 Å². The normalized spacial score (nSPS) is 20.4. The molecular formula is C12H22N4O2. The number of anilines is 1. The molecule has 0 spiro atoms. The molecule has 1 atom stereocenters. The standard InChI is InChI=1S/C12H22N4O2/c1-4-15-11(9-17-5-2)13-14-12(15)16-6-7-18-8-10(16)3/h10H,4-9H2,1-3H3/t10-/m1/s1. The van der Waals surface area contributed by atoms with Crippen molar-refractivity contribution in [3.05, 3.63) is 5.82 Å². The van der Waals surface area contributed by atoms with Gasteiger partial charge in [-0.1, -0.05) is 0 Å². The van der Waals surface area contributed by atoms with Crippen molar-refractivity contribution in [2.24, 2.45) is 0 Å². The maximum atomic E-state index is 5.45. The van der Waals surface area contributed by atoms with Crippen LogP contribution >= 0.6 is 0 Å². The van der Waals surface area contributed by atoms with Crippen molar-refractivity contribution in [1.29, 1.82) is 0 Å². The van der Waals surface area contributed by atoms with E-state index in [4.69, 9.17) is 9.47 Å². The molecule has 0 unspecified atom stereocenters. The molecule has 0 aliphatic carbocycles. The monoisotopic (exact) mass is 254 g/mol. The van der Waals surface area contributed by atoms with Gasteiger partial charge in [0.2, 0.25) is 5.95 Å². The fraction of sp³-hybridized carbons (Fsp3) is 0.833. The third-order valence-electron chi connectivity index (χ3n) is 3.18. The summed E-state index contributed by atoms with van der Waals surface area (Å²) in [6, 6.07) is 0.341. The van der Waals surface area contributed by atoms with Crippen LogP contribution in [0.4, 0.5) is 5.95 Å². The van der Waals surface area contributed by atoms with Gasteiger partial charge in [0.1, 0.15) is 6.61 Å². The lowest BCUT2D eigenvalue weighted by molar-refractivity contribution is 0.0974. The summed E-state index contributed by atoms with van der Waals surface area (Å²) in [5.74, 6) is 1.83. The summed E-state index contributed by atoms with van der Waals surface area (Å²) in [5.41, 5.74) is 0. The number of morpholine rings is 1. The van der Waals surface area contributed by atoms with E-state index in [1.165, 1.54) is 0 Å². The Morgan fingerprint density at radius 1 is 1.39 bits per heavy atom. The third-order valence-corrected chi connectivity index (χ3v) is 3.18. The van der Waals surface area contributed by atoms with Gasteiger partial charge in [0, 0.05) is 19.7 Å². The minimum atomic E-state index is 0.341. The summed E-state index contributed by atoms with van der Waals surface area (Å²) < 4.78 is 13.0. The molecular weight excluding hydrogens is 232 g/mol. The Bertz CT molecular complexity index is 380. The highest BCUT2D eigenvalue weighted by molar-refractivity contribution is 5.33. The lowest BCUT2D eigenvalue weighted by Crippen LogP contribution is -2.45. The summed E-state index contributed by atoms with van der Waals surface area (Å²) >= 11 is 0. The van der Waals surface area contributed by atoms with E-state index in [0.29, 0.717) is 19.3 Å². The summed E-state index contributed by atoms with van der Waals surface area (Å²) in [5, 5.41) is 8.56. The molecule has 0 N–H and O–H groups in total. The minimum Gasteiger partial charge on any atom is -0.377 e. The number of hydrogen-bond acceptors (Lipinski definition) is 5. The molecule has 1 aliphatic heterocycles. The molecule has 2 heterocycles. The molecule has 1 saturated heterocycles. The van der Waals surface area contributed by atoms with E-state index < -0.39 is 0 Å². The van der Waals surface area contributed by atoms with Crippen LogP contribution in [0, 0.1) is 0 Å². The van der Waals surface area contributed by atoms with Gasteiger partial charge in [-0.15, -0.1) is 10.2 Å². The first kappa shape index (κ1) is 13.3. The van der Waals surface area contributed by atoms with E-state index >= 15 is 0 Å². The van der Waals surface area contributed by atoms with Crippen LogP contribution in [-0.2, 0) is 22.6 Å². The molecule has 102 valence electrons. The van der Waals surface area contributed by atoms with Crippen molar-refractivity contribution >= 4 is 5.95 Å². The largest absolute Gasteiger partial charge is 0.377 e. The van der Waals surface area contributed by atoms with Crippen molar-refractivity contribution < 1.29 is 9.47 Å². The predicted molar refractivity (Wildman–Crippen MR) is 68.7 cm³/mol. The number of rotatable bonds is 5. The van der Waals surface area contributed by atoms with E-state index in [1.807, 2.05) is 6.92 Å². The molecule has 2 rings (SSSR count). The first-order valence-corrected chi connectivity index (χ1v) is 6.62. The zero-order chi connectivity index (χ0) is 13.0. The van der Waals surface area contributed by atoms with Crippen LogP contribution in [0.5, 0.6) is 0 Å². The molecule has 1 aromatic heterocycles. The second-order valence-electron chi connectivity index (χ2n) is 4.41. The van der Waals surface area contributed by atoms with E-state index in [0.717, 1.165) is 38.1 Å². The Labute approximate surface area is 108 Å². The maximum Gasteiger partial charge on any atom is 0.227 e. The van der Waals surface area contributed by atoms with E-state index in [2.05, 4.69) is 33.5 Å². The van der Waals surface area contributed by atoms with Gasteiger partial charge < -0.3 is 14.4 Å². The van der Waals surface area contributed by atoms with Crippen LogP contribution in [0.3, 0.4) is 0 Å². The zero-order valence-corrected chi connectivity index (χ0v) is 11.4. The average Bonchev–Trinajstić information content (AvgIpc) is 2.79. The highest BCUT2D eigenvalue weighted by atomic mass is 16.5. The fourth-order valence-corrected chi connectivity index (χ4v) is 2.19. The van der Waals surface area contributed by atoms with Crippen molar-refractivity contribution in [3.63, 3.8) is 0 Å². The van der Waals surface area contributed by atoms with Crippen molar-refractivity contribution in [2.75, 3.05) is 31.3 Å². The van der Waals surface area contributed by atoms with Crippen molar-refractivity contribution in [3.8, 4) is 0 Å².